The van der Waals surface area contributed by atoms with E-state index >= 15 is 0 Å². The number of pyridine rings is 1. The number of likely N-dealkylation sites (tertiary alicyclic amines) is 1. The third-order valence-corrected chi connectivity index (χ3v) is 6.31. The van der Waals surface area contributed by atoms with E-state index in [2.05, 4.69) is 10.1 Å². The summed E-state index contributed by atoms with van der Waals surface area (Å²) in [6.07, 6.45) is 1.77. The van der Waals surface area contributed by atoms with E-state index in [0.29, 0.717) is 37.8 Å². The number of halogens is 2. The molecule has 4 heterocycles. The largest absolute Gasteiger partial charge is 0.481 e. The molecule has 0 aromatic carbocycles. The Morgan fingerprint density at radius 2 is 2.00 bits per heavy atom. The van der Waals surface area contributed by atoms with Gasteiger partial charge in [0.25, 0.3) is 5.92 Å². The highest BCUT2D eigenvalue weighted by molar-refractivity contribution is 5.68. The lowest BCUT2D eigenvalue weighted by atomic mass is 9.94. The van der Waals surface area contributed by atoms with E-state index in [4.69, 9.17) is 18.9 Å². The van der Waals surface area contributed by atoms with Crippen molar-refractivity contribution in [2.45, 2.75) is 58.5 Å². The van der Waals surface area contributed by atoms with Crippen LogP contribution in [0.1, 0.15) is 44.0 Å². The van der Waals surface area contributed by atoms with E-state index in [1.807, 2.05) is 13.0 Å². The summed E-state index contributed by atoms with van der Waals surface area (Å²) in [5.41, 5.74) is 2.60. The molecule has 1 saturated heterocycles. The minimum Gasteiger partial charge on any atom is -0.481 e. The van der Waals surface area contributed by atoms with Crippen LogP contribution in [0.15, 0.2) is 12.3 Å². The summed E-state index contributed by atoms with van der Waals surface area (Å²) in [6.45, 7) is 7.63. The van der Waals surface area contributed by atoms with Crippen molar-refractivity contribution < 1.29 is 32.5 Å². The van der Waals surface area contributed by atoms with Crippen LogP contribution in [0.2, 0.25) is 0 Å². The summed E-state index contributed by atoms with van der Waals surface area (Å²) in [5, 5.41) is 4.64. The SMILES string of the molecule is COc1ncc(-n2nc(OCC3CN(C(=O)OC(C)(C)C)CCC3(F)F)c3c2CCOCC3)cc1C. The summed E-state index contributed by atoms with van der Waals surface area (Å²) >= 11 is 0. The first-order valence-electron chi connectivity index (χ1n) is 12.2. The van der Waals surface area contributed by atoms with Crippen molar-refractivity contribution in [3.8, 4) is 17.4 Å². The molecule has 2 aromatic rings. The molecule has 1 unspecified atom stereocenters. The lowest BCUT2D eigenvalue weighted by molar-refractivity contribution is -0.116. The summed E-state index contributed by atoms with van der Waals surface area (Å²) in [6, 6.07) is 1.91. The number of nitrogens with zero attached hydrogens (tertiary/aromatic N) is 4. The van der Waals surface area contributed by atoms with Crippen molar-refractivity contribution >= 4 is 6.09 Å². The normalized spacial score (nSPS) is 19.9. The van der Waals surface area contributed by atoms with Gasteiger partial charge in [0, 0.05) is 43.5 Å². The Hall–Kier alpha value is -2.95. The molecule has 0 aliphatic carbocycles. The van der Waals surface area contributed by atoms with Crippen LogP contribution in [0.3, 0.4) is 0 Å². The number of fused-ring (bicyclic) bond motifs is 1. The Labute approximate surface area is 209 Å². The average molecular weight is 509 g/mol. The summed E-state index contributed by atoms with van der Waals surface area (Å²) < 4.78 is 53.6. The van der Waals surface area contributed by atoms with Gasteiger partial charge in [0.1, 0.15) is 12.2 Å². The predicted octanol–water partition coefficient (Wildman–Crippen LogP) is 3.97. The maximum atomic E-state index is 14.8. The highest BCUT2D eigenvalue weighted by Crippen LogP contribution is 2.36. The van der Waals surface area contributed by atoms with Gasteiger partial charge in [0.05, 0.1) is 43.8 Å². The fourth-order valence-corrected chi connectivity index (χ4v) is 4.45. The van der Waals surface area contributed by atoms with E-state index < -0.39 is 30.0 Å². The lowest BCUT2D eigenvalue weighted by Crippen LogP contribution is -2.52. The molecule has 2 aliphatic heterocycles. The standard InChI is InChI=1S/C25H34F2N4O5/c1-16-12-18(13-28-21(16)33-5)31-20-7-11-34-10-6-19(20)22(29-31)35-15-17-14-30(9-8-25(17,26)27)23(32)36-24(2,3)4/h12-13,17H,6-11,14-15H2,1-5H3. The molecule has 9 nitrogen and oxygen atoms in total. The maximum absolute atomic E-state index is 14.8. The Bertz CT molecular complexity index is 1100. The van der Waals surface area contributed by atoms with Crippen LogP contribution < -0.4 is 9.47 Å². The molecule has 0 bridgehead atoms. The summed E-state index contributed by atoms with van der Waals surface area (Å²) in [7, 11) is 1.56. The number of hydrogen-bond acceptors (Lipinski definition) is 7. The monoisotopic (exact) mass is 508 g/mol. The van der Waals surface area contributed by atoms with Crippen molar-refractivity contribution in [3.05, 3.63) is 29.1 Å². The number of rotatable bonds is 5. The van der Waals surface area contributed by atoms with Crippen molar-refractivity contribution in [1.29, 1.82) is 0 Å². The van der Waals surface area contributed by atoms with Crippen LogP contribution in [0, 0.1) is 12.8 Å². The third-order valence-electron chi connectivity index (χ3n) is 6.31. The fraction of sp³-hybridized carbons (Fsp3) is 0.640. The number of carbonyl (C=O) groups is 1. The second kappa shape index (κ2) is 10.2. The molecule has 11 heteroatoms. The zero-order valence-electron chi connectivity index (χ0n) is 21.5. The van der Waals surface area contributed by atoms with E-state index in [-0.39, 0.29) is 19.7 Å². The van der Waals surface area contributed by atoms with Gasteiger partial charge in [-0.3, -0.25) is 0 Å². The molecule has 198 valence electrons. The number of hydrogen-bond donors (Lipinski definition) is 0. The average Bonchev–Trinajstić information content (AvgIpc) is 2.96. The number of piperidine rings is 1. The van der Waals surface area contributed by atoms with E-state index in [0.717, 1.165) is 22.5 Å². The van der Waals surface area contributed by atoms with E-state index in [1.165, 1.54) is 4.90 Å². The summed E-state index contributed by atoms with van der Waals surface area (Å²) in [4.78, 5) is 18.1. The number of aromatic nitrogens is 3. The second-order valence-corrected chi connectivity index (χ2v) is 10.2. The minimum atomic E-state index is -2.97. The van der Waals surface area contributed by atoms with Gasteiger partial charge in [0.15, 0.2) is 0 Å². The number of alkyl halides is 2. The van der Waals surface area contributed by atoms with Crippen molar-refractivity contribution in [2.75, 3.05) is 40.0 Å². The van der Waals surface area contributed by atoms with Crippen LogP contribution in [0.25, 0.3) is 5.69 Å². The van der Waals surface area contributed by atoms with Gasteiger partial charge in [-0.05, 0) is 33.8 Å². The molecule has 1 amide bonds. The predicted molar refractivity (Wildman–Crippen MR) is 127 cm³/mol. The molecule has 1 atom stereocenters. The Balaban J connectivity index is 1.56. The second-order valence-electron chi connectivity index (χ2n) is 10.2. The van der Waals surface area contributed by atoms with E-state index in [1.54, 1.807) is 38.8 Å². The molecule has 0 spiro atoms. The minimum absolute atomic E-state index is 0.0659. The van der Waals surface area contributed by atoms with Gasteiger partial charge in [0.2, 0.25) is 11.8 Å². The van der Waals surface area contributed by atoms with Crippen LogP contribution in [0.5, 0.6) is 11.8 Å². The molecular formula is C25H34F2N4O5. The Morgan fingerprint density at radius 3 is 2.69 bits per heavy atom. The summed E-state index contributed by atoms with van der Waals surface area (Å²) in [5.74, 6) is -3.34. The molecule has 2 aromatic heterocycles. The molecule has 1 fully saturated rings. The van der Waals surface area contributed by atoms with Gasteiger partial charge in [-0.1, -0.05) is 0 Å². The van der Waals surface area contributed by atoms with Crippen molar-refractivity contribution in [3.63, 3.8) is 0 Å². The van der Waals surface area contributed by atoms with Gasteiger partial charge in [-0.15, -0.1) is 5.10 Å². The Kier molecular flexibility index (Phi) is 7.40. The van der Waals surface area contributed by atoms with Crippen molar-refractivity contribution in [2.24, 2.45) is 5.92 Å². The number of methoxy groups -OCH3 is 1. The zero-order valence-corrected chi connectivity index (χ0v) is 21.5. The Morgan fingerprint density at radius 1 is 1.25 bits per heavy atom. The smallest absolute Gasteiger partial charge is 0.410 e. The highest BCUT2D eigenvalue weighted by Gasteiger charge is 2.46. The zero-order chi connectivity index (χ0) is 26.1. The lowest BCUT2D eigenvalue weighted by Gasteiger charge is -2.38. The number of ether oxygens (including phenoxy) is 4. The van der Waals surface area contributed by atoms with Crippen molar-refractivity contribution in [1.82, 2.24) is 19.7 Å². The quantitative estimate of drug-likeness (QED) is 0.604. The van der Waals surface area contributed by atoms with Gasteiger partial charge in [-0.25, -0.2) is 23.2 Å². The molecule has 0 saturated carbocycles. The number of carbonyl (C=O) groups excluding carboxylic acids is 1. The van der Waals surface area contributed by atoms with Gasteiger partial charge in [-0.2, -0.15) is 0 Å². The van der Waals surface area contributed by atoms with Crippen LogP contribution in [0.4, 0.5) is 13.6 Å². The van der Waals surface area contributed by atoms with Gasteiger partial charge >= 0.3 is 6.09 Å². The molecular weight excluding hydrogens is 474 g/mol. The van der Waals surface area contributed by atoms with Crippen LogP contribution in [-0.2, 0) is 22.3 Å². The topological polar surface area (TPSA) is 87.9 Å². The molecule has 4 rings (SSSR count). The molecule has 0 radical (unpaired) electrons. The molecule has 36 heavy (non-hydrogen) atoms. The molecule has 2 aliphatic rings. The number of amides is 1. The first-order valence-corrected chi connectivity index (χ1v) is 12.2. The first kappa shape index (κ1) is 26.1. The highest BCUT2D eigenvalue weighted by atomic mass is 19.3. The van der Waals surface area contributed by atoms with Crippen LogP contribution in [-0.4, -0.2) is 77.3 Å². The fourth-order valence-electron chi connectivity index (χ4n) is 4.45. The number of aryl methyl sites for hydroxylation is 1. The molecule has 0 N–H and O–H groups in total. The third kappa shape index (κ3) is 5.71. The van der Waals surface area contributed by atoms with E-state index in [9.17, 15) is 13.6 Å². The maximum Gasteiger partial charge on any atom is 0.410 e. The van der Waals surface area contributed by atoms with Gasteiger partial charge < -0.3 is 23.8 Å². The van der Waals surface area contributed by atoms with Crippen LogP contribution >= 0.6 is 0 Å². The first-order chi connectivity index (χ1) is 17.0.